The van der Waals surface area contributed by atoms with Gasteiger partial charge in [-0.05, 0) is 28.3 Å². The normalized spacial score (nSPS) is 15.4. The fourth-order valence-corrected chi connectivity index (χ4v) is 75.2. The molecule has 14 heteroatoms. The second-order valence-corrected chi connectivity index (χ2v) is 65.5. The van der Waals surface area contributed by atoms with Crippen molar-refractivity contribution in [3.63, 3.8) is 0 Å². The summed E-state index contributed by atoms with van der Waals surface area (Å²) in [5.41, 5.74) is 3.18. The molecule has 0 aliphatic carbocycles. The molecule has 0 saturated carbocycles. The van der Waals surface area contributed by atoms with E-state index in [-0.39, 0.29) is 5.56 Å². The van der Waals surface area contributed by atoms with Crippen LogP contribution in [0.15, 0.2) is 122 Å². The summed E-state index contributed by atoms with van der Waals surface area (Å²) in [5, 5.41) is 14.6. The molecule has 0 bridgehead atoms. The number of benzene rings is 4. The van der Waals surface area contributed by atoms with E-state index < -0.39 is 78.8 Å². The molecule has 0 aliphatic rings. The third-order valence-corrected chi connectivity index (χ3v) is 68.5. The van der Waals surface area contributed by atoms with Gasteiger partial charge in [-0.1, -0.05) is 257 Å². The molecule has 1 nitrogen and oxygen atoms in total. The first-order valence-corrected chi connectivity index (χ1v) is 45.2. The van der Waals surface area contributed by atoms with Crippen LogP contribution < -0.4 is 15.6 Å². The molecule has 4 rings (SSSR count). The smallest absolute Gasteiger partial charge is 0.369 e. The molecule has 0 heterocycles. The van der Waals surface area contributed by atoms with E-state index in [0.717, 1.165) is 40.9 Å². The van der Waals surface area contributed by atoms with Crippen molar-refractivity contribution in [3.05, 3.63) is 150 Å². The molecular weight excluding hydrogens is 939 g/mol. The molecule has 0 saturated heterocycles. The zero-order valence-electron chi connectivity index (χ0n) is 40.5. The van der Waals surface area contributed by atoms with Gasteiger partial charge in [0, 0.05) is 29.5 Å². The van der Waals surface area contributed by atoms with Crippen molar-refractivity contribution >= 4 is 95.2 Å². The number of rotatable bonds is 20. The monoisotopic (exact) mass is 1010 g/mol. The summed E-state index contributed by atoms with van der Waals surface area (Å²) in [4.78, 5) is 0. The van der Waals surface area contributed by atoms with E-state index in [1.54, 1.807) is 6.08 Å². The van der Waals surface area contributed by atoms with E-state index in [1.165, 1.54) is 38.6 Å². The van der Waals surface area contributed by atoms with Gasteiger partial charge in [-0.25, -0.2) is 0 Å². The maximum Gasteiger partial charge on any atom is 0.430 e. The highest BCUT2D eigenvalue weighted by molar-refractivity contribution is 7.54. The minimum atomic E-state index is -5.94. The van der Waals surface area contributed by atoms with Crippen LogP contribution in [0, 0.1) is 0 Å². The average Bonchev–Trinajstić information content (AvgIpc) is 3.23. The fourth-order valence-electron chi connectivity index (χ4n) is 9.69. The molecule has 2 unspecified atom stereocenters. The van der Waals surface area contributed by atoms with E-state index in [9.17, 15) is 31.4 Å². The maximum atomic E-state index is 13.8. The Kier molecular flexibility index (Phi) is 17.0. The Bertz CT molecular complexity index is 2280. The fraction of sp³-hybridized carbons (Fsp3) is 0.373. The molecule has 65 heavy (non-hydrogen) atoms. The van der Waals surface area contributed by atoms with Gasteiger partial charge in [-0.15, -0.1) is 0 Å². The van der Waals surface area contributed by atoms with Gasteiger partial charge in [-0.2, -0.15) is 26.3 Å². The van der Waals surface area contributed by atoms with E-state index in [0.29, 0.717) is 6.07 Å². The Morgan fingerprint density at radius 3 is 1.45 bits per heavy atom. The van der Waals surface area contributed by atoms with Crippen LogP contribution in [0.2, 0.25) is 101 Å². The predicted molar refractivity (Wildman–Crippen MR) is 289 cm³/mol. The van der Waals surface area contributed by atoms with Crippen LogP contribution in [0.4, 0.5) is 26.3 Å². The molecule has 0 spiro atoms. The van der Waals surface area contributed by atoms with Crippen LogP contribution in [-0.4, -0.2) is 72.8 Å². The van der Waals surface area contributed by atoms with Gasteiger partial charge in [0.2, 0.25) is 0 Å². The van der Waals surface area contributed by atoms with Gasteiger partial charge >= 0.3 is 12.4 Å². The van der Waals surface area contributed by atoms with E-state index >= 15 is 0 Å². The minimum absolute atomic E-state index is 0.196. The van der Waals surface area contributed by atoms with Gasteiger partial charge in [-0.3, -0.25) is 0 Å². The van der Waals surface area contributed by atoms with Crippen LogP contribution in [0.5, 0.6) is 0 Å². The summed E-state index contributed by atoms with van der Waals surface area (Å²) in [6.07, 6.45) is -4.50. The summed E-state index contributed by atoms with van der Waals surface area (Å²) in [6, 6.07) is 33.7. The SMILES string of the molecule is C=Cc1ccc([Si](CC[Si](C)(C)/C=C/c2cccc(C(O)(C(F)(F)F)C(F)(F)F)c2)(C[Si](C)(C)C)C[Si](C)(C)[Si](C)C[Si](C)(c2ccc(C=C)cc2)[Si](C)(C)c2ccc(C=C)cc2)cc1. The Labute approximate surface area is 393 Å². The highest BCUT2D eigenvalue weighted by atomic mass is 29.3. The van der Waals surface area contributed by atoms with Crippen LogP contribution in [0.3, 0.4) is 0 Å². The second kappa shape index (κ2) is 20.2. The van der Waals surface area contributed by atoms with Crippen molar-refractivity contribution in [2.24, 2.45) is 0 Å². The molecule has 351 valence electrons. The standard InChI is InChI=1S/C51H71F6OSi7/c1-15-41-21-27-46(28-22-41)63(12,13)64(14,47-29-23-42(16-2)24-30-47)38-59(4)62(10,11)40-65(39-60(5,6)7,48-31-25-43(17-3)26-32-48)36-35-61(8,9)34-33-44-19-18-20-45(37-44)49(58,50(52,53)54)51(55,56)57/h15-34,37,58H,1-3,35-36,38-40H2,4-14H3/b34-33+. The molecule has 4 aromatic carbocycles. The van der Waals surface area contributed by atoms with Gasteiger partial charge < -0.3 is 5.11 Å². The maximum absolute atomic E-state index is 13.8. The Morgan fingerprint density at radius 1 is 0.569 bits per heavy atom. The number of halogens is 6. The number of alkyl halides is 6. The largest absolute Gasteiger partial charge is 0.430 e. The third kappa shape index (κ3) is 12.5. The Balaban J connectivity index is 1.80. The molecule has 0 aromatic heterocycles. The molecule has 1 radical (unpaired) electrons. The third-order valence-electron chi connectivity index (χ3n) is 14.3. The van der Waals surface area contributed by atoms with Gasteiger partial charge in [0.05, 0.1) is 31.3 Å². The Morgan fingerprint density at radius 2 is 1.02 bits per heavy atom. The second-order valence-electron chi connectivity index (χ2n) is 21.6. The zero-order chi connectivity index (χ0) is 49.1. The van der Waals surface area contributed by atoms with Crippen LogP contribution in [-0.2, 0) is 5.60 Å². The lowest BCUT2D eigenvalue weighted by molar-refractivity contribution is -0.376. The molecule has 0 aliphatic heterocycles. The first kappa shape index (κ1) is 54.5. The van der Waals surface area contributed by atoms with Crippen LogP contribution in [0.25, 0.3) is 24.3 Å². The van der Waals surface area contributed by atoms with Crippen molar-refractivity contribution in [3.8, 4) is 0 Å². The topological polar surface area (TPSA) is 20.2 Å². The highest BCUT2D eigenvalue weighted by Gasteiger charge is 2.71. The first-order chi connectivity index (χ1) is 29.8. The van der Waals surface area contributed by atoms with Crippen molar-refractivity contribution in [2.45, 2.75) is 119 Å². The highest BCUT2D eigenvalue weighted by Crippen LogP contribution is 2.50. The van der Waals surface area contributed by atoms with Gasteiger partial charge in [0.25, 0.3) is 5.60 Å². The van der Waals surface area contributed by atoms with Gasteiger partial charge in [0.15, 0.2) is 0 Å². The molecule has 1 N–H and O–H groups in total. The Hall–Kier alpha value is -3.10. The molecule has 0 amide bonds. The summed E-state index contributed by atoms with van der Waals surface area (Å²) in [6.45, 7) is 39.9. The van der Waals surface area contributed by atoms with Crippen molar-refractivity contribution < 1.29 is 31.4 Å². The number of hydrogen-bond donors (Lipinski definition) is 1. The summed E-state index contributed by atoms with van der Waals surface area (Å²) in [5.74, 6) is 0. The summed E-state index contributed by atoms with van der Waals surface area (Å²) < 4.78 is 83.0. The number of aliphatic hydroxyl groups is 1. The molecule has 0 fully saturated rings. The molecular formula is C51H71F6OSi7. The lowest BCUT2D eigenvalue weighted by atomic mass is 9.91. The van der Waals surface area contributed by atoms with Crippen LogP contribution in [0.1, 0.15) is 27.8 Å². The van der Waals surface area contributed by atoms with Gasteiger partial charge in [0.1, 0.15) is 0 Å². The quantitative estimate of drug-likeness (QED) is 0.0691. The van der Waals surface area contributed by atoms with E-state index in [4.69, 9.17) is 0 Å². The van der Waals surface area contributed by atoms with E-state index in [2.05, 4.69) is 170 Å². The van der Waals surface area contributed by atoms with E-state index in [1.807, 2.05) is 18.2 Å². The summed E-state index contributed by atoms with van der Waals surface area (Å²) >= 11 is 0. The molecule has 4 aromatic rings. The van der Waals surface area contributed by atoms with Crippen molar-refractivity contribution in [1.29, 1.82) is 0 Å². The predicted octanol–water partition coefficient (Wildman–Crippen LogP) is 14.1. The average molecular weight is 1010 g/mol. The first-order valence-electron chi connectivity index (χ1n) is 22.5. The lowest BCUT2D eigenvalue weighted by Gasteiger charge is -2.48. The minimum Gasteiger partial charge on any atom is -0.369 e. The van der Waals surface area contributed by atoms with Crippen LogP contribution >= 0.6 is 0 Å². The van der Waals surface area contributed by atoms with Crippen molar-refractivity contribution in [2.75, 3.05) is 0 Å². The number of hydrogen-bond acceptors (Lipinski definition) is 1. The summed E-state index contributed by atoms with van der Waals surface area (Å²) in [7, 11) is -13.2. The van der Waals surface area contributed by atoms with Crippen molar-refractivity contribution in [1.82, 2.24) is 0 Å². The molecule has 2 atom stereocenters. The zero-order valence-corrected chi connectivity index (χ0v) is 47.5. The lowest BCUT2D eigenvalue weighted by Crippen LogP contribution is -2.73.